The Bertz CT molecular complexity index is 713. The fourth-order valence-corrected chi connectivity index (χ4v) is 4.05. The molecule has 1 saturated heterocycles. The Morgan fingerprint density at radius 1 is 1.14 bits per heavy atom. The zero-order chi connectivity index (χ0) is 19.9. The maximum atomic E-state index is 12.7. The standard InChI is InChI=1S/C22H31N3O3/c1-2-3-13-25-15-16(14-20(25)26)21(27)24-19-12-8-7-11-18(19)22(28)23-17-9-5-4-6-10-17/h7-8,11-12,16-17H,2-6,9-10,13-15H2,1H3,(H,23,28)(H,24,27)/t16-/m1/s1. The Balaban J connectivity index is 1.62. The number of para-hydroxylation sites is 1. The molecular weight excluding hydrogens is 354 g/mol. The maximum Gasteiger partial charge on any atom is 0.253 e. The third kappa shape index (κ3) is 5.12. The van der Waals surface area contributed by atoms with Gasteiger partial charge in [-0.2, -0.15) is 0 Å². The van der Waals surface area contributed by atoms with E-state index in [1.54, 1.807) is 29.2 Å². The van der Waals surface area contributed by atoms with E-state index in [1.165, 1.54) is 6.42 Å². The van der Waals surface area contributed by atoms with Gasteiger partial charge in [-0.05, 0) is 31.4 Å². The van der Waals surface area contributed by atoms with Crippen LogP contribution in [-0.4, -0.2) is 41.8 Å². The Kier molecular flexibility index (Phi) is 7.06. The summed E-state index contributed by atoms with van der Waals surface area (Å²) in [5.74, 6) is -0.657. The van der Waals surface area contributed by atoms with Gasteiger partial charge in [-0.3, -0.25) is 14.4 Å². The van der Waals surface area contributed by atoms with Crippen LogP contribution in [0, 0.1) is 5.92 Å². The number of amides is 3. The van der Waals surface area contributed by atoms with Crippen molar-refractivity contribution in [3.63, 3.8) is 0 Å². The number of hydrogen-bond donors (Lipinski definition) is 2. The normalized spacial score (nSPS) is 20.2. The molecule has 2 aliphatic rings. The van der Waals surface area contributed by atoms with Gasteiger partial charge in [-0.15, -0.1) is 0 Å². The van der Waals surface area contributed by atoms with Gasteiger partial charge in [-0.1, -0.05) is 44.7 Å². The minimum Gasteiger partial charge on any atom is -0.349 e. The van der Waals surface area contributed by atoms with E-state index in [0.29, 0.717) is 24.3 Å². The van der Waals surface area contributed by atoms with Gasteiger partial charge >= 0.3 is 0 Å². The Morgan fingerprint density at radius 3 is 2.64 bits per heavy atom. The van der Waals surface area contributed by atoms with Crippen LogP contribution in [0.4, 0.5) is 5.69 Å². The molecule has 152 valence electrons. The zero-order valence-electron chi connectivity index (χ0n) is 16.7. The fourth-order valence-electron chi connectivity index (χ4n) is 4.05. The highest BCUT2D eigenvalue weighted by atomic mass is 16.2. The molecular formula is C22H31N3O3. The van der Waals surface area contributed by atoms with Crippen LogP contribution in [0.3, 0.4) is 0 Å². The van der Waals surface area contributed by atoms with E-state index in [0.717, 1.165) is 38.5 Å². The van der Waals surface area contributed by atoms with Crippen molar-refractivity contribution in [3.05, 3.63) is 29.8 Å². The van der Waals surface area contributed by atoms with E-state index in [4.69, 9.17) is 0 Å². The summed E-state index contributed by atoms with van der Waals surface area (Å²) in [5, 5.41) is 5.99. The predicted octanol–water partition coefficient (Wildman–Crippen LogP) is 3.34. The Morgan fingerprint density at radius 2 is 1.89 bits per heavy atom. The summed E-state index contributed by atoms with van der Waals surface area (Å²) in [6, 6.07) is 7.31. The molecule has 1 aromatic rings. The van der Waals surface area contributed by atoms with E-state index < -0.39 is 0 Å². The molecule has 2 N–H and O–H groups in total. The molecule has 1 atom stereocenters. The molecule has 1 aliphatic heterocycles. The van der Waals surface area contributed by atoms with Gasteiger partial charge in [0.25, 0.3) is 5.91 Å². The van der Waals surface area contributed by atoms with Crippen molar-refractivity contribution in [1.29, 1.82) is 0 Å². The van der Waals surface area contributed by atoms with Crippen LogP contribution in [0.5, 0.6) is 0 Å². The minimum atomic E-state index is -0.362. The lowest BCUT2D eigenvalue weighted by Crippen LogP contribution is -2.36. The number of unbranched alkanes of at least 4 members (excludes halogenated alkanes) is 1. The number of carbonyl (C=O) groups is 3. The molecule has 6 nitrogen and oxygen atoms in total. The van der Waals surface area contributed by atoms with Crippen LogP contribution < -0.4 is 10.6 Å². The zero-order valence-corrected chi connectivity index (χ0v) is 16.7. The second-order valence-electron chi connectivity index (χ2n) is 7.94. The molecule has 0 spiro atoms. The van der Waals surface area contributed by atoms with Crippen molar-refractivity contribution < 1.29 is 14.4 Å². The molecule has 3 rings (SSSR count). The number of nitrogens with zero attached hydrogens (tertiary/aromatic N) is 1. The predicted molar refractivity (Wildman–Crippen MR) is 109 cm³/mol. The molecule has 1 saturated carbocycles. The summed E-state index contributed by atoms with van der Waals surface area (Å²) in [7, 11) is 0. The second-order valence-corrected chi connectivity index (χ2v) is 7.94. The summed E-state index contributed by atoms with van der Waals surface area (Å²) in [5.41, 5.74) is 0.994. The van der Waals surface area contributed by atoms with E-state index in [-0.39, 0.29) is 36.1 Å². The first-order valence-corrected chi connectivity index (χ1v) is 10.6. The van der Waals surface area contributed by atoms with Crippen molar-refractivity contribution in [2.24, 2.45) is 5.92 Å². The smallest absolute Gasteiger partial charge is 0.253 e. The molecule has 1 aliphatic carbocycles. The number of likely N-dealkylation sites (tertiary alicyclic amines) is 1. The van der Waals surface area contributed by atoms with Gasteiger partial charge in [0.15, 0.2) is 0 Å². The third-order valence-electron chi connectivity index (χ3n) is 5.74. The van der Waals surface area contributed by atoms with E-state index in [9.17, 15) is 14.4 Å². The first-order valence-electron chi connectivity index (χ1n) is 10.6. The summed E-state index contributed by atoms with van der Waals surface area (Å²) < 4.78 is 0. The van der Waals surface area contributed by atoms with Crippen molar-refractivity contribution in [1.82, 2.24) is 10.2 Å². The van der Waals surface area contributed by atoms with Crippen LogP contribution in [0.15, 0.2) is 24.3 Å². The lowest BCUT2D eigenvalue weighted by atomic mass is 9.95. The SMILES string of the molecule is CCCCN1C[C@H](C(=O)Nc2ccccc2C(=O)NC2CCCCC2)CC1=O. The average Bonchev–Trinajstić information content (AvgIpc) is 3.08. The quantitative estimate of drug-likeness (QED) is 0.756. The molecule has 0 bridgehead atoms. The van der Waals surface area contributed by atoms with E-state index in [1.807, 2.05) is 0 Å². The minimum absolute atomic E-state index is 0.0388. The summed E-state index contributed by atoms with van der Waals surface area (Å²) in [6.07, 6.45) is 7.76. The number of rotatable bonds is 7. The molecule has 28 heavy (non-hydrogen) atoms. The van der Waals surface area contributed by atoms with Crippen LogP contribution in [0.2, 0.25) is 0 Å². The van der Waals surface area contributed by atoms with Crippen LogP contribution in [0.25, 0.3) is 0 Å². The molecule has 6 heteroatoms. The van der Waals surface area contributed by atoms with Crippen molar-refractivity contribution >= 4 is 23.4 Å². The second kappa shape index (κ2) is 9.71. The largest absolute Gasteiger partial charge is 0.349 e. The van der Waals surface area contributed by atoms with Crippen molar-refractivity contribution in [2.75, 3.05) is 18.4 Å². The molecule has 0 radical (unpaired) electrons. The van der Waals surface area contributed by atoms with Crippen LogP contribution in [-0.2, 0) is 9.59 Å². The molecule has 1 heterocycles. The molecule has 0 aromatic heterocycles. The van der Waals surface area contributed by atoms with Crippen LogP contribution >= 0.6 is 0 Å². The van der Waals surface area contributed by atoms with Crippen LogP contribution in [0.1, 0.15) is 68.6 Å². The number of benzene rings is 1. The van der Waals surface area contributed by atoms with E-state index in [2.05, 4.69) is 17.6 Å². The van der Waals surface area contributed by atoms with Gasteiger partial charge in [0.1, 0.15) is 0 Å². The molecule has 2 fully saturated rings. The Hall–Kier alpha value is -2.37. The monoisotopic (exact) mass is 385 g/mol. The summed E-state index contributed by atoms with van der Waals surface area (Å²) >= 11 is 0. The van der Waals surface area contributed by atoms with Gasteiger partial charge in [-0.25, -0.2) is 0 Å². The lowest BCUT2D eigenvalue weighted by molar-refractivity contribution is -0.128. The van der Waals surface area contributed by atoms with Gasteiger partial charge < -0.3 is 15.5 Å². The maximum absolute atomic E-state index is 12.7. The van der Waals surface area contributed by atoms with Gasteiger partial charge in [0, 0.05) is 25.6 Å². The molecule has 0 unspecified atom stereocenters. The van der Waals surface area contributed by atoms with Crippen molar-refractivity contribution in [3.8, 4) is 0 Å². The lowest BCUT2D eigenvalue weighted by Gasteiger charge is -2.23. The summed E-state index contributed by atoms with van der Waals surface area (Å²) in [4.78, 5) is 39.4. The highest BCUT2D eigenvalue weighted by Crippen LogP contribution is 2.23. The number of anilines is 1. The topological polar surface area (TPSA) is 78.5 Å². The number of carbonyl (C=O) groups excluding carboxylic acids is 3. The number of hydrogen-bond acceptors (Lipinski definition) is 3. The number of nitrogens with one attached hydrogen (secondary N) is 2. The van der Waals surface area contributed by atoms with Gasteiger partial charge in [0.05, 0.1) is 17.2 Å². The average molecular weight is 386 g/mol. The fraction of sp³-hybridized carbons (Fsp3) is 0.591. The highest BCUT2D eigenvalue weighted by molar-refractivity contribution is 6.05. The van der Waals surface area contributed by atoms with Gasteiger partial charge in [0.2, 0.25) is 11.8 Å². The Labute approximate surface area is 167 Å². The van der Waals surface area contributed by atoms with Crippen molar-refractivity contribution in [2.45, 2.75) is 64.3 Å². The highest BCUT2D eigenvalue weighted by Gasteiger charge is 2.34. The molecule has 3 amide bonds. The molecule has 1 aromatic carbocycles. The first kappa shape index (κ1) is 20.4. The van der Waals surface area contributed by atoms with E-state index >= 15 is 0 Å². The first-order chi connectivity index (χ1) is 13.6. The summed E-state index contributed by atoms with van der Waals surface area (Å²) in [6.45, 7) is 3.25. The third-order valence-corrected chi connectivity index (χ3v) is 5.74.